The number of fused-ring (bicyclic) bond motifs is 1. The number of aromatic nitrogens is 1. The maximum atomic E-state index is 12.5. The van der Waals surface area contributed by atoms with Gasteiger partial charge >= 0.3 is 0 Å². The first kappa shape index (κ1) is 13.8. The zero-order chi connectivity index (χ0) is 14.9. The highest BCUT2D eigenvalue weighted by Gasteiger charge is 2.27. The average molecular weight is 302 g/mol. The summed E-state index contributed by atoms with van der Waals surface area (Å²) in [6, 6.07) is 8.44. The monoisotopic (exact) mass is 302 g/mol. The van der Waals surface area contributed by atoms with E-state index in [1.807, 2.05) is 18.3 Å². The van der Waals surface area contributed by atoms with Crippen molar-refractivity contribution in [3.63, 3.8) is 0 Å². The molecule has 0 spiro atoms. The number of hydrogen-bond acceptors (Lipinski definition) is 5. The molecule has 0 saturated carbocycles. The van der Waals surface area contributed by atoms with E-state index >= 15 is 0 Å². The molecule has 0 amide bonds. The van der Waals surface area contributed by atoms with E-state index in [1.165, 1.54) is 0 Å². The standard InChI is InChI=1S/C14H14N4O2S/c15-10-18-8-6-12(9-18)17-21(19,20)13-5-1-3-11-4-2-7-16-14(11)13/h1-5,7,12,17H,6,8-9H2/t12-/m1/s1. The predicted octanol–water partition coefficient (Wildman–Crippen LogP) is 1.07. The molecular weight excluding hydrogens is 288 g/mol. The smallest absolute Gasteiger partial charge is 0.243 e. The minimum absolute atomic E-state index is 0.177. The molecule has 1 aliphatic rings. The number of nitrogens with zero attached hydrogens (tertiary/aromatic N) is 3. The third kappa shape index (κ3) is 2.68. The van der Waals surface area contributed by atoms with Crippen LogP contribution in [0.25, 0.3) is 10.9 Å². The quantitative estimate of drug-likeness (QED) is 0.857. The van der Waals surface area contributed by atoms with Crippen molar-refractivity contribution in [1.29, 1.82) is 5.26 Å². The van der Waals surface area contributed by atoms with Gasteiger partial charge in [0.1, 0.15) is 4.90 Å². The van der Waals surface area contributed by atoms with E-state index in [-0.39, 0.29) is 10.9 Å². The van der Waals surface area contributed by atoms with Crippen molar-refractivity contribution in [3.05, 3.63) is 36.5 Å². The summed E-state index contributed by atoms with van der Waals surface area (Å²) < 4.78 is 27.8. The van der Waals surface area contributed by atoms with E-state index in [9.17, 15) is 8.42 Å². The summed E-state index contributed by atoms with van der Waals surface area (Å²) in [5.74, 6) is 0. The minimum Gasteiger partial charge on any atom is -0.309 e. The number of nitrogens with one attached hydrogen (secondary N) is 1. The number of sulfonamides is 1. The van der Waals surface area contributed by atoms with Gasteiger partial charge in [0.25, 0.3) is 0 Å². The topological polar surface area (TPSA) is 86.1 Å². The van der Waals surface area contributed by atoms with Crippen molar-refractivity contribution in [2.45, 2.75) is 17.4 Å². The van der Waals surface area contributed by atoms with Crippen LogP contribution in [0.2, 0.25) is 0 Å². The van der Waals surface area contributed by atoms with Gasteiger partial charge in [0.15, 0.2) is 6.19 Å². The molecule has 2 aromatic rings. The summed E-state index contributed by atoms with van der Waals surface area (Å²) in [7, 11) is -3.65. The number of rotatable bonds is 3. The highest BCUT2D eigenvalue weighted by atomic mass is 32.2. The van der Waals surface area contributed by atoms with Crippen LogP contribution in [0.3, 0.4) is 0 Å². The van der Waals surface area contributed by atoms with Gasteiger partial charge in [-0.05, 0) is 18.6 Å². The van der Waals surface area contributed by atoms with Crippen LogP contribution in [-0.4, -0.2) is 37.4 Å². The van der Waals surface area contributed by atoms with Gasteiger partial charge < -0.3 is 4.90 Å². The van der Waals surface area contributed by atoms with Crippen molar-refractivity contribution >= 4 is 20.9 Å². The van der Waals surface area contributed by atoms with Crippen molar-refractivity contribution in [3.8, 4) is 6.19 Å². The Balaban J connectivity index is 1.93. The molecule has 3 rings (SSSR count). The molecule has 2 heterocycles. The van der Waals surface area contributed by atoms with Crippen LogP contribution in [0.1, 0.15) is 6.42 Å². The molecule has 1 aromatic heterocycles. The summed E-state index contributed by atoms with van der Waals surface area (Å²) in [4.78, 5) is 5.90. The molecule has 0 unspecified atom stereocenters. The molecule has 6 nitrogen and oxygen atoms in total. The van der Waals surface area contributed by atoms with E-state index in [0.717, 1.165) is 5.39 Å². The molecule has 108 valence electrons. The summed E-state index contributed by atoms with van der Waals surface area (Å²) >= 11 is 0. The predicted molar refractivity (Wildman–Crippen MR) is 77.7 cm³/mol. The first-order valence-electron chi connectivity index (χ1n) is 6.61. The molecule has 0 aliphatic carbocycles. The normalized spacial score (nSPS) is 18.8. The van der Waals surface area contributed by atoms with Crippen LogP contribution in [0.4, 0.5) is 0 Å². The Hall–Kier alpha value is -2.17. The molecule has 1 aliphatic heterocycles. The van der Waals surface area contributed by atoms with E-state index in [1.54, 1.807) is 29.3 Å². The zero-order valence-electron chi connectivity index (χ0n) is 11.2. The first-order valence-corrected chi connectivity index (χ1v) is 8.09. The van der Waals surface area contributed by atoms with Gasteiger partial charge in [0, 0.05) is 30.7 Å². The second-order valence-corrected chi connectivity index (χ2v) is 6.67. The summed E-state index contributed by atoms with van der Waals surface area (Å²) in [5, 5.41) is 9.61. The zero-order valence-corrected chi connectivity index (χ0v) is 12.0. The SMILES string of the molecule is N#CN1CC[C@@H](NS(=O)(=O)c2cccc3cccnc23)C1. The van der Waals surface area contributed by atoms with E-state index < -0.39 is 10.0 Å². The highest BCUT2D eigenvalue weighted by Crippen LogP contribution is 2.21. The Labute approximate surface area is 123 Å². The van der Waals surface area contributed by atoms with E-state index in [2.05, 4.69) is 9.71 Å². The maximum Gasteiger partial charge on any atom is 0.243 e. The molecule has 21 heavy (non-hydrogen) atoms. The summed E-state index contributed by atoms with van der Waals surface area (Å²) in [6.45, 7) is 0.991. The third-order valence-corrected chi connectivity index (χ3v) is 5.09. The van der Waals surface area contributed by atoms with Crippen LogP contribution >= 0.6 is 0 Å². The maximum absolute atomic E-state index is 12.5. The van der Waals surface area contributed by atoms with Gasteiger partial charge in [-0.1, -0.05) is 18.2 Å². The Morgan fingerprint density at radius 2 is 2.14 bits per heavy atom. The second-order valence-electron chi connectivity index (χ2n) is 4.98. The number of pyridine rings is 1. The average Bonchev–Trinajstić information content (AvgIpc) is 2.93. The van der Waals surface area contributed by atoms with Gasteiger partial charge in [-0.25, -0.2) is 13.1 Å². The molecule has 1 saturated heterocycles. The van der Waals surface area contributed by atoms with E-state index in [4.69, 9.17) is 5.26 Å². The van der Waals surface area contributed by atoms with Crippen molar-refractivity contribution in [2.24, 2.45) is 0 Å². The number of hydrogen-bond donors (Lipinski definition) is 1. The van der Waals surface area contributed by atoms with Gasteiger partial charge in [-0.15, -0.1) is 0 Å². The fourth-order valence-corrected chi connectivity index (χ4v) is 3.96. The van der Waals surface area contributed by atoms with Crippen LogP contribution in [-0.2, 0) is 10.0 Å². The lowest BCUT2D eigenvalue weighted by molar-refractivity contribution is 0.470. The molecule has 7 heteroatoms. The Bertz CT molecular complexity index is 808. The fraction of sp³-hybridized carbons (Fsp3) is 0.286. The Morgan fingerprint density at radius 1 is 1.33 bits per heavy atom. The first-order chi connectivity index (χ1) is 10.1. The molecular formula is C14H14N4O2S. The van der Waals surface area contributed by atoms with Gasteiger partial charge in [0.05, 0.1) is 5.52 Å². The third-order valence-electron chi connectivity index (χ3n) is 3.54. The van der Waals surface area contributed by atoms with Crippen LogP contribution < -0.4 is 4.72 Å². The lowest BCUT2D eigenvalue weighted by Crippen LogP contribution is -2.36. The van der Waals surface area contributed by atoms with Gasteiger partial charge in [0.2, 0.25) is 10.0 Å². The lowest BCUT2D eigenvalue weighted by Gasteiger charge is -2.13. The van der Waals surface area contributed by atoms with Crippen molar-refractivity contribution < 1.29 is 8.42 Å². The molecule has 0 bridgehead atoms. The van der Waals surface area contributed by atoms with Crippen LogP contribution in [0, 0.1) is 11.5 Å². The number of nitriles is 1. The molecule has 1 N–H and O–H groups in total. The Morgan fingerprint density at radius 3 is 2.90 bits per heavy atom. The molecule has 1 fully saturated rings. The Kier molecular flexibility index (Phi) is 3.49. The minimum atomic E-state index is -3.65. The van der Waals surface area contributed by atoms with Crippen molar-refractivity contribution in [1.82, 2.24) is 14.6 Å². The lowest BCUT2D eigenvalue weighted by atomic mass is 10.2. The van der Waals surface area contributed by atoms with E-state index in [0.29, 0.717) is 25.0 Å². The summed E-state index contributed by atoms with van der Waals surface area (Å²) in [5.41, 5.74) is 0.461. The van der Waals surface area contributed by atoms with Crippen LogP contribution in [0.15, 0.2) is 41.4 Å². The number of para-hydroxylation sites is 1. The van der Waals surface area contributed by atoms with Gasteiger partial charge in [-0.2, -0.15) is 5.26 Å². The molecule has 1 aromatic carbocycles. The number of benzene rings is 1. The van der Waals surface area contributed by atoms with Crippen LogP contribution in [0.5, 0.6) is 0 Å². The highest BCUT2D eigenvalue weighted by molar-refractivity contribution is 7.89. The fourth-order valence-electron chi connectivity index (χ4n) is 2.52. The summed E-state index contributed by atoms with van der Waals surface area (Å²) in [6.07, 6.45) is 4.24. The van der Waals surface area contributed by atoms with Gasteiger partial charge in [-0.3, -0.25) is 4.98 Å². The van der Waals surface area contributed by atoms with Crippen molar-refractivity contribution in [2.75, 3.05) is 13.1 Å². The second kappa shape index (κ2) is 5.31. The molecule has 0 radical (unpaired) electrons. The molecule has 1 atom stereocenters. The number of likely N-dealkylation sites (tertiary alicyclic amines) is 1. The largest absolute Gasteiger partial charge is 0.309 e.